The molecular weight excluding hydrogens is 477 g/mol. The molecule has 1 saturated carbocycles. The van der Waals surface area contributed by atoms with Gasteiger partial charge in [-0.2, -0.15) is 13.2 Å². The van der Waals surface area contributed by atoms with E-state index in [0.29, 0.717) is 36.7 Å². The topological polar surface area (TPSA) is 75.3 Å². The summed E-state index contributed by atoms with van der Waals surface area (Å²) in [5.41, 5.74) is -1.10. The second kappa shape index (κ2) is 10.9. The van der Waals surface area contributed by atoms with E-state index in [4.69, 9.17) is 11.6 Å². The fourth-order valence-corrected chi connectivity index (χ4v) is 5.33. The molecule has 33 heavy (non-hydrogen) atoms. The average molecular weight is 503 g/mol. The molecule has 0 saturated heterocycles. The van der Waals surface area contributed by atoms with Crippen molar-refractivity contribution in [2.45, 2.75) is 42.8 Å². The SMILES string of the molecule is O=C(NC1CCC(CNCCS(=O)(=O)c2ccccc2)CC1)c1cc(C(F)(F)F)ccc1Cl. The molecule has 1 amide bonds. The van der Waals surface area contributed by atoms with Gasteiger partial charge in [-0.05, 0) is 68.5 Å². The largest absolute Gasteiger partial charge is 0.416 e. The normalized spacial score (nSPS) is 19.3. The van der Waals surface area contributed by atoms with Crippen LogP contribution in [0.3, 0.4) is 0 Å². The molecule has 1 aliphatic carbocycles. The molecule has 3 rings (SSSR count). The van der Waals surface area contributed by atoms with E-state index in [1.165, 1.54) is 0 Å². The number of benzene rings is 2. The molecular formula is C23H26ClF3N2O3S. The van der Waals surface area contributed by atoms with Gasteiger partial charge >= 0.3 is 6.18 Å². The second-order valence-corrected chi connectivity index (χ2v) is 10.7. The van der Waals surface area contributed by atoms with Crippen LogP contribution in [-0.4, -0.2) is 39.2 Å². The summed E-state index contributed by atoms with van der Waals surface area (Å²) in [5, 5.41) is 5.97. The number of halogens is 4. The Morgan fingerprint density at radius 1 is 1.03 bits per heavy atom. The number of alkyl halides is 3. The highest BCUT2D eigenvalue weighted by molar-refractivity contribution is 7.91. The number of nitrogens with one attached hydrogen (secondary N) is 2. The van der Waals surface area contributed by atoms with Crippen LogP contribution in [0.15, 0.2) is 53.4 Å². The molecule has 5 nitrogen and oxygen atoms in total. The van der Waals surface area contributed by atoms with E-state index in [1.54, 1.807) is 30.3 Å². The minimum Gasteiger partial charge on any atom is -0.349 e. The lowest BCUT2D eigenvalue weighted by molar-refractivity contribution is -0.137. The van der Waals surface area contributed by atoms with Crippen molar-refractivity contribution in [3.8, 4) is 0 Å². The molecule has 0 aliphatic heterocycles. The lowest BCUT2D eigenvalue weighted by Crippen LogP contribution is -2.39. The van der Waals surface area contributed by atoms with Gasteiger partial charge in [0.05, 0.1) is 26.8 Å². The Morgan fingerprint density at radius 2 is 1.70 bits per heavy atom. The second-order valence-electron chi connectivity index (χ2n) is 8.22. The van der Waals surface area contributed by atoms with Gasteiger partial charge in [0.1, 0.15) is 0 Å². The van der Waals surface area contributed by atoms with E-state index in [2.05, 4.69) is 10.6 Å². The third-order valence-electron chi connectivity index (χ3n) is 5.80. The molecule has 10 heteroatoms. The molecule has 2 aromatic carbocycles. The molecule has 180 valence electrons. The fraction of sp³-hybridized carbons (Fsp3) is 0.435. The van der Waals surface area contributed by atoms with Crippen molar-refractivity contribution in [2.75, 3.05) is 18.8 Å². The minimum atomic E-state index is -4.55. The molecule has 0 unspecified atom stereocenters. The van der Waals surface area contributed by atoms with Crippen molar-refractivity contribution < 1.29 is 26.4 Å². The Labute approximate surface area is 196 Å². The first kappa shape index (κ1) is 25.5. The summed E-state index contributed by atoms with van der Waals surface area (Å²) < 4.78 is 63.4. The molecule has 0 bridgehead atoms. The highest BCUT2D eigenvalue weighted by Gasteiger charge is 2.32. The van der Waals surface area contributed by atoms with Crippen LogP contribution in [0.2, 0.25) is 5.02 Å². The van der Waals surface area contributed by atoms with Gasteiger partial charge in [-0.1, -0.05) is 29.8 Å². The molecule has 0 heterocycles. The predicted molar refractivity (Wildman–Crippen MR) is 121 cm³/mol. The zero-order valence-electron chi connectivity index (χ0n) is 17.9. The van der Waals surface area contributed by atoms with Gasteiger partial charge in [-0.25, -0.2) is 8.42 Å². The molecule has 1 fully saturated rings. The molecule has 2 N–H and O–H groups in total. The maximum atomic E-state index is 12.9. The zero-order valence-corrected chi connectivity index (χ0v) is 19.4. The van der Waals surface area contributed by atoms with Gasteiger partial charge in [-0.3, -0.25) is 4.79 Å². The molecule has 0 atom stereocenters. The van der Waals surface area contributed by atoms with E-state index in [-0.39, 0.29) is 22.4 Å². The third-order valence-corrected chi connectivity index (χ3v) is 7.86. The van der Waals surface area contributed by atoms with Crippen LogP contribution < -0.4 is 10.6 Å². The van der Waals surface area contributed by atoms with Crippen LogP contribution in [0.25, 0.3) is 0 Å². The van der Waals surface area contributed by atoms with Crippen molar-refractivity contribution in [2.24, 2.45) is 5.92 Å². The van der Waals surface area contributed by atoms with Crippen LogP contribution in [0.4, 0.5) is 13.2 Å². The van der Waals surface area contributed by atoms with Gasteiger partial charge in [-0.15, -0.1) is 0 Å². The number of sulfone groups is 1. The molecule has 2 aromatic rings. The van der Waals surface area contributed by atoms with Crippen LogP contribution in [0.1, 0.15) is 41.6 Å². The minimum absolute atomic E-state index is 0.0141. The summed E-state index contributed by atoms with van der Waals surface area (Å²) in [6.45, 7) is 1.02. The van der Waals surface area contributed by atoms with Gasteiger partial charge in [0, 0.05) is 12.6 Å². The van der Waals surface area contributed by atoms with Crippen LogP contribution >= 0.6 is 11.6 Å². The first-order valence-electron chi connectivity index (χ1n) is 10.7. The molecule has 0 aromatic heterocycles. The van der Waals surface area contributed by atoms with Crippen molar-refractivity contribution in [1.29, 1.82) is 0 Å². The number of hydrogen-bond acceptors (Lipinski definition) is 4. The Morgan fingerprint density at radius 3 is 2.33 bits per heavy atom. The summed E-state index contributed by atoms with van der Waals surface area (Å²) in [5.74, 6) is -0.256. The lowest BCUT2D eigenvalue weighted by Gasteiger charge is -2.29. The summed E-state index contributed by atoms with van der Waals surface area (Å²) in [6.07, 6.45) is -1.53. The fourth-order valence-electron chi connectivity index (χ4n) is 3.91. The van der Waals surface area contributed by atoms with Crippen molar-refractivity contribution in [1.82, 2.24) is 10.6 Å². The molecule has 0 spiro atoms. The Balaban J connectivity index is 1.42. The smallest absolute Gasteiger partial charge is 0.349 e. The van der Waals surface area contributed by atoms with Crippen LogP contribution in [0, 0.1) is 5.92 Å². The van der Waals surface area contributed by atoms with Crippen molar-refractivity contribution in [3.05, 3.63) is 64.7 Å². The molecule has 1 aliphatic rings. The number of rotatable bonds is 8. The maximum Gasteiger partial charge on any atom is 0.416 e. The highest BCUT2D eigenvalue weighted by Crippen LogP contribution is 2.32. The summed E-state index contributed by atoms with van der Waals surface area (Å²) in [7, 11) is -3.32. The van der Waals surface area contributed by atoms with E-state index in [9.17, 15) is 26.4 Å². The van der Waals surface area contributed by atoms with Gasteiger partial charge in [0.15, 0.2) is 9.84 Å². The van der Waals surface area contributed by atoms with E-state index in [1.807, 2.05) is 0 Å². The van der Waals surface area contributed by atoms with E-state index in [0.717, 1.165) is 31.0 Å². The van der Waals surface area contributed by atoms with Crippen LogP contribution in [-0.2, 0) is 16.0 Å². The molecule has 0 radical (unpaired) electrons. The predicted octanol–water partition coefficient (Wildman–Crippen LogP) is 4.71. The van der Waals surface area contributed by atoms with E-state index >= 15 is 0 Å². The van der Waals surface area contributed by atoms with Gasteiger partial charge in [0.2, 0.25) is 0 Å². The third kappa shape index (κ3) is 7.19. The first-order valence-corrected chi connectivity index (χ1v) is 12.8. The summed E-state index contributed by atoms with van der Waals surface area (Å²) >= 11 is 5.94. The summed E-state index contributed by atoms with van der Waals surface area (Å²) in [4.78, 5) is 12.8. The maximum absolute atomic E-state index is 12.9. The van der Waals surface area contributed by atoms with Gasteiger partial charge in [0.25, 0.3) is 5.91 Å². The Kier molecular flexibility index (Phi) is 8.42. The number of amides is 1. The van der Waals surface area contributed by atoms with E-state index < -0.39 is 27.5 Å². The monoisotopic (exact) mass is 502 g/mol. The first-order chi connectivity index (χ1) is 15.6. The Hall–Kier alpha value is -2.10. The highest BCUT2D eigenvalue weighted by atomic mass is 35.5. The number of carbonyl (C=O) groups is 1. The van der Waals surface area contributed by atoms with Crippen molar-refractivity contribution in [3.63, 3.8) is 0 Å². The average Bonchev–Trinajstić information content (AvgIpc) is 2.78. The lowest BCUT2D eigenvalue weighted by atomic mass is 9.86. The number of carbonyl (C=O) groups excluding carboxylic acids is 1. The number of hydrogen-bond donors (Lipinski definition) is 2. The van der Waals surface area contributed by atoms with Crippen molar-refractivity contribution >= 4 is 27.3 Å². The summed E-state index contributed by atoms with van der Waals surface area (Å²) in [6, 6.07) is 10.9. The van der Waals surface area contributed by atoms with Gasteiger partial charge < -0.3 is 10.6 Å². The zero-order chi connectivity index (χ0) is 24.1. The standard InChI is InChI=1S/C23H26ClF3N2O3S/c24-21-11-8-17(23(25,26)27)14-20(21)22(30)29-18-9-6-16(7-10-18)15-28-12-13-33(31,32)19-4-2-1-3-5-19/h1-5,8,11,14,16,18,28H,6-7,9-10,12-13,15H2,(H,29,30). The quantitative estimate of drug-likeness (QED) is 0.513. The Bertz CT molecular complexity index is 1050. The van der Waals surface area contributed by atoms with Crippen LogP contribution in [0.5, 0.6) is 0 Å².